The maximum absolute atomic E-state index is 12.7. The van der Waals surface area contributed by atoms with Crippen LogP contribution in [-0.2, 0) is 0 Å². The predicted molar refractivity (Wildman–Crippen MR) is 93.7 cm³/mol. The zero-order valence-electron chi connectivity index (χ0n) is 14.4. The van der Waals surface area contributed by atoms with E-state index < -0.39 is 0 Å². The number of imidazole rings is 1. The van der Waals surface area contributed by atoms with E-state index in [-0.39, 0.29) is 23.6 Å². The van der Waals surface area contributed by atoms with Crippen molar-refractivity contribution in [3.63, 3.8) is 0 Å². The number of likely N-dealkylation sites (tertiary alicyclic amines) is 1. The van der Waals surface area contributed by atoms with E-state index in [2.05, 4.69) is 20.4 Å². The third-order valence-corrected chi connectivity index (χ3v) is 4.65. The van der Waals surface area contributed by atoms with Gasteiger partial charge in [-0.25, -0.2) is 4.98 Å². The first-order valence-corrected chi connectivity index (χ1v) is 8.57. The van der Waals surface area contributed by atoms with Crippen LogP contribution in [0.2, 0.25) is 0 Å². The van der Waals surface area contributed by atoms with E-state index in [0.717, 1.165) is 11.0 Å². The molecule has 8 nitrogen and oxygen atoms in total. The number of benzene rings is 1. The van der Waals surface area contributed by atoms with E-state index >= 15 is 0 Å². The summed E-state index contributed by atoms with van der Waals surface area (Å²) in [7, 11) is 0. The molecule has 1 aliphatic rings. The predicted octanol–water partition coefficient (Wildman–Crippen LogP) is 1.89. The average molecular weight is 353 g/mol. The van der Waals surface area contributed by atoms with Gasteiger partial charge >= 0.3 is 0 Å². The Labute approximate surface area is 149 Å². The van der Waals surface area contributed by atoms with Crippen LogP contribution in [0.15, 0.2) is 35.1 Å². The highest BCUT2D eigenvalue weighted by Crippen LogP contribution is 2.17. The van der Waals surface area contributed by atoms with Gasteiger partial charge in [0.2, 0.25) is 0 Å². The van der Waals surface area contributed by atoms with Gasteiger partial charge < -0.3 is 19.7 Å². The minimum atomic E-state index is -0.240. The Balaban J connectivity index is 1.35. The van der Waals surface area contributed by atoms with Crippen molar-refractivity contribution in [2.75, 3.05) is 13.1 Å². The molecule has 0 bridgehead atoms. The second-order valence-electron chi connectivity index (χ2n) is 6.50. The van der Waals surface area contributed by atoms with Gasteiger partial charge in [-0.3, -0.25) is 9.59 Å². The molecule has 3 aromatic rings. The molecule has 2 amide bonds. The number of carbonyl (C=O) groups excluding carboxylic acids is 2. The smallest absolute Gasteiger partial charge is 0.273 e. The lowest BCUT2D eigenvalue weighted by Crippen LogP contribution is -2.46. The second kappa shape index (κ2) is 6.62. The fourth-order valence-electron chi connectivity index (χ4n) is 3.21. The Hall–Kier alpha value is -3.16. The van der Waals surface area contributed by atoms with E-state index in [0.29, 0.717) is 37.3 Å². The number of carbonyl (C=O) groups is 2. The molecular formula is C18H19N5O3. The Morgan fingerprint density at radius 1 is 1.27 bits per heavy atom. The number of aromatic amines is 1. The van der Waals surface area contributed by atoms with E-state index in [1.807, 2.05) is 17.0 Å². The molecule has 0 spiro atoms. The normalized spacial score (nSPS) is 15.3. The monoisotopic (exact) mass is 353 g/mol. The van der Waals surface area contributed by atoms with Gasteiger partial charge in [0, 0.05) is 30.8 Å². The Morgan fingerprint density at radius 3 is 2.81 bits per heavy atom. The summed E-state index contributed by atoms with van der Waals surface area (Å²) in [6, 6.07) is 7.10. The molecule has 4 rings (SSSR count). The van der Waals surface area contributed by atoms with Crippen molar-refractivity contribution < 1.29 is 14.1 Å². The molecule has 0 unspecified atom stereocenters. The fraction of sp³-hybridized carbons (Fsp3) is 0.333. The highest BCUT2D eigenvalue weighted by Gasteiger charge is 2.25. The van der Waals surface area contributed by atoms with Crippen LogP contribution >= 0.6 is 0 Å². The van der Waals surface area contributed by atoms with Crippen LogP contribution in [0.5, 0.6) is 0 Å². The number of hydrogen-bond donors (Lipinski definition) is 2. The van der Waals surface area contributed by atoms with Crippen molar-refractivity contribution in [1.29, 1.82) is 0 Å². The number of aryl methyl sites for hydroxylation is 1. The molecule has 0 radical (unpaired) electrons. The summed E-state index contributed by atoms with van der Waals surface area (Å²) in [5.74, 6) is 0.361. The SMILES string of the molecule is Cc1cc(C(=O)NC2CCN(C(=O)c3ccc4nc[nH]c4c3)CC2)no1. The molecule has 0 saturated carbocycles. The molecule has 0 atom stereocenters. The average Bonchev–Trinajstić information content (AvgIpc) is 3.29. The molecule has 26 heavy (non-hydrogen) atoms. The Kier molecular flexibility index (Phi) is 4.16. The third-order valence-electron chi connectivity index (χ3n) is 4.65. The molecule has 3 heterocycles. The van der Waals surface area contributed by atoms with Crippen LogP contribution in [-0.4, -0.2) is 51.0 Å². The first-order valence-electron chi connectivity index (χ1n) is 8.57. The van der Waals surface area contributed by atoms with Crippen LogP contribution in [0.25, 0.3) is 11.0 Å². The molecule has 2 N–H and O–H groups in total. The first-order chi connectivity index (χ1) is 12.6. The van der Waals surface area contributed by atoms with E-state index in [1.54, 1.807) is 25.4 Å². The molecule has 134 valence electrons. The van der Waals surface area contributed by atoms with Crippen LogP contribution in [0, 0.1) is 6.92 Å². The lowest BCUT2D eigenvalue weighted by molar-refractivity contribution is 0.0697. The lowest BCUT2D eigenvalue weighted by atomic mass is 10.0. The van der Waals surface area contributed by atoms with Crippen LogP contribution in [0.3, 0.4) is 0 Å². The van der Waals surface area contributed by atoms with Gasteiger partial charge in [-0.05, 0) is 38.0 Å². The molecule has 8 heteroatoms. The topological polar surface area (TPSA) is 104 Å². The number of piperidine rings is 1. The van der Waals surface area contributed by atoms with Crippen molar-refractivity contribution in [2.45, 2.75) is 25.8 Å². The lowest BCUT2D eigenvalue weighted by Gasteiger charge is -2.32. The quantitative estimate of drug-likeness (QED) is 0.748. The fourth-order valence-corrected chi connectivity index (χ4v) is 3.21. The number of H-pyrrole nitrogens is 1. The van der Waals surface area contributed by atoms with Gasteiger partial charge in [-0.2, -0.15) is 0 Å². The molecular weight excluding hydrogens is 334 g/mol. The third kappa shape index (κ3) is 3.17. The van der Waals surface area contributed by atoms with E-state index in [4.69, 9.17) is 4.52 Å². The highest BCUT2D eigenvalue weighted by molar-refractivity contribution is 5.97. The molecule has 1 aliphatic heterocycles. The van der Waals surface area contributed by atoms with Gasteiger partial charge in [0.15, 0.2) is 5.69 Å². The minimum Gasteiger partial charge on any atom is -0.361 e. The van der Waals surface area contributed by atoms with E-state index in [9.17, 15) is 9.59 Å². The summed E-state index contributed by atoms with van der Waals surface area (Å²) in [4.78, 5) is 33.8. The summed E-state index contributed by atoms with van der Waals surface area (Å²) in [5, 5.41) is 6.68. The standard InChI is InChI=1S/C18H19N5O3/c1-11-8-16(22-26-11)17(24)21-13-4-6-23(7-5-13)18(25)12-2-3-14-15(9-12)20-10-19-14/h2-3,8-10,13H,4-7H2,1H3,(H,19,20)(H,21,24). The second-order valence-corrected chi connectivity index (χ2v) is 6.50. The number of hydrogen-bond acceptors (Lipinski definition) is 5. The van der Waals surface area contributed by atoms with Gasteiger partial charge in [-0.15, -0.1) is 0 Å². The van der Waals surface area contributed by atoms with Crippen molar-refractivity contribution >= 4 is 22.8 Å². The number of nitrogens with zero attached hydrogens (tertiary/aromatic N) is 3. The summed E-state index contributed by atoms with van der Waals surface area (Å²) >= 11 is 0. The summed E-state index contributed by atoms with van der Waals surface area (Å²) in [5.41, 5.74) is 2.61. The molecule has 0 aliphatic carbocycles. The summed E-state index contributed by atoms with van der Waals surface area (Å²) < 4.78 is 4.93. The summed E-state index contributed by atoms with van der Waals surface area (Å²) in [6.45, 7) is 2.94. The molecule has 1 fully saturated rings. The minimum absolute atomic E-state index is 0.00148. The number of nitrogens with one attached hydrogen (secondary N) is 2. The first kappa shape index (κ1) is 16.3. The van der Waals surface area contributed by atoms with Gasteiger partial charge in [0.05, 0.1) is 17.4 Å². The zero-order chi connectivity index (χ0) is 18.1. The number of fused-ring (bicyclic) bond motifs is 1. The maximum atomic E-state index is 12.7. The Bertz CT molecular complexity index is 953. The number of amides is 2. The van der Waals surface area contributed by atoms with E-state index in [1.165, 1.54) is 0 Å². The largest absolute Gasteiger partial charge is 0.361 e. The number of aromatic nitrogens is 3. The van der Waals surface area contributed by atoms with Crippen molar-refractivity contribution in [3.05, 3.63) is 47.6 Å². The maximum Gasteiger partial charge on any atom is 0.273 e. The van der Waals surface area contributed by atoms with Crippen LogP contribution in [0.1, 0.15) is 39.4 Å². The zero-order valence-corrected chi connectivity index (χ0v) is 14.4. The van der Waals surface area contributed by atoms with Gasteiger partial charge in [0.1, 0.15) is 5.76 Å². The highest BCUT2D eigenvalue weighted by atomic mass is 16.5. The molecule has 1 aromatic carbocycles. The van der Waals surface area contributed by atoms with Gasteiger partial charge in [-0.1, -0.05) is 5.16 Å². The number of rotatable bonds is 3. The Morgan fingerprint density at radius 2 is 2.08 bits per heavy atom. The molecule has 2 aromatic heterocycles. The van der Waals surface area contributed by atoms with Crippen molar-refractivity contribution in [1.82, 2.24) is 25.3 Å². The molecule has 1 saturated heterocycles. The summed E-state index contributed by atoms with van der Waals surface area (Å²) in [6.07, 6.45) is 3.03. The van der Waals surface area contributed by atoms with Gasteiger partial charge in [0.25, 0.3) is 11.8 Å². The van der Waals surface area contributed by atoms with Crippen LogP contribution < -0.4 is 5.32 Å². The van der Waals surface area contributed by atoms with Crippen LogP contribution in [0.4, 0.5) is 0 Å². The van der Waals surface area contributed by atoms with Crippen molar-refractivity contribution in [3.8, 4) is 0 Å². The van der Waals surface area contributed by atoms with Crippen molar-refractivity contribution in [2.24, 2.45) is 0 Å².